The fourth-order valence-electron chi connectivity index (χ4n) is 1.89. The molecule has 0 aromatic carbocycles. The minimum absolute atomic E-state index is 0.123. The normalized spacial score (nSPS) is 19.1. The molecule has 0 atom stereocenters. The molecule has 0 unspecified atom stereocenters. The predicted molar refractivity (Wildman–Crippen MR) is 57.7 cm³/mol. The lowest BCUT2D eigenvalue weighted by molar-refractivity contribution is -0.141. The predicted octanol–water partition coefficient (Wildman–Crippen LogP) is 1.05. The highest BCUT2D eigenvalue weighted by Crippen LogP contribution is 2.13. The molecule has 15 heavy (non-hydrogen) atoms. The highest BCUT2D eigenvalue weighted by atomic mass is 16.5. The van der Waals surface area contributed by atoms with E-state index in [0.29, 0.717) is 12.5 Å². The summed E-state index contributed by atoms with van der Waals surface area (Å²) in [6.07, 6.45) is 3.07. The number of piperidine rings is 1. The maximum Gasteiger partial charge on any atom is 0.306 e. The molecule has 1 fully saturated rings. The average molecular weight is 215 g/mol. The molecule has 0 aromatic rings. The average Bonchev–Trinajstić information content (AvgIpc) is 2.28. The lowest BCUT2D eigenvalue weighted by atomic mass is 10.1. The van der Waals surface area contributed by atoms with Crippen LogP contribution in [0.1, 0.15) is 26.2 Å². The molecule has 1 aliphatic rings. The van der Waals surface area contributed by atoms with Gasteiger partial charge in [0.15, 0.2) is 0 Å². The molecule has 88 valence electrons. The number of hydrogen-bond acceptors (Lipinski definition) is 4. The topological polar surface area (TPSA) is 38.8 Å². The lowest BCUT2D eigenvalue weighted by Crippen LogP contribution is -2.38. The smallest absolute Gasteiger partial charge is 0.306 e. The molecule has 0 saturated carbocycles. The standard InChI is InChI=1S/C11H21NO3/c1-3-15-10-4-7-12(8-5-10)9-6-11(13)14-2/h10H,3-9H2,1-2H3. The van der Waals surface area contributed by atoms with Gasteiger partial charge < -0.3 is 14.4 Å². The van der Waals surface area contributed by atoms with E-state index < -0.39 is 0 Å². The molecule has 1 saturated heterocycles. The van der Waals surface area contributed by atoms with Crippen molar-refractivity contribution in [2.24, 2.45) is 0 Å². The fourth-order valence-corrected chi connectivity index (χ4v) is 1.89. The summed E-state index contributed by atoms with van der Waals surface area (Å²) < 4.78 is 10.2. The largest absolute Gasteiger partial charge is 0.469 e. The van der Waals surface area contributed by atoms with Crippen molar-refractivity contribution in [3.8, 4) is 0 Å². The molecule has 0 aliphatic carbocycles. The molecular formula is C11H21NO3. The Bertz CT molecular complexity index is 188. The Labute approximate surface area is 91.5 Å². The molecule has 0 bridgehead atoms. The summed E-state index contributed by atoms with van der Waals surface area (Å²) in [6.45, 7) is 5.70. The SMILES string of the molecule is CCOC1CCN(CCC(=O)OC)CC1. The number of carbonyl (C=O) groups excluding carboxylic acids is 1. The molecule has 0 amide bonds. The van der Waals surface area contributed by atoms with E-state index in [4.69, 9.17) is 4.74 Å². The monoisotopic (exact) mass is 215 g/mol. The van der Waals surface area contributed by atoms with Crippen LogP contribution in [0.25, 0.3) is 0 Å². The second-order valence-electron chi connectivity index (χ2n) is 3.82. The van der Waals surface area contributed by atoms with Gasteiger partial charge in [0.05, 0.1) is 19.6 Å². The van der Waals surface area contributed by atoms with Gasteiger partial charge in [-0.3, -0.25) is 4.79 Å². The van der Waals surface area contributed by atoms with Crippen molar-refractivity contribution in [3.63, 3.8) is 0 Å². The summed E-state index contributed by atoms with van der Waals surface area (Å²) in [5.41, 5.74) is 0. The first-order valence-electron chi connectivity index (χ1n) is 5.67. The van der Waals surface area contributed by atoms with E-state index in [1.807, 2.05) is 6.92 Å². The van der Waals surface area contributed by atoms with E-state index in [1.165, 1.54) is 7.11 Å². The lowest BCUT2D eigenvalue weighted by Gasteiger charge is -2.31. The molecule has 0 spiro atoms. The van der Waals surface area contributed by atoms with Crippen LogP contribution in [0.15, 0.2) is 0 Å². The van der Waals surface area contributed by atoms with Gasteiger partial charge in [-0.25, -0.2) is 0 Å². The number of nitrogens with zero attached hydrogens (tertiary/aromatic N) is 1. The first kappa shape index (κ1) is 12.5. The molecule has 1 rings (SSSR count). The highest BCUT2D eigenvalue weighted by molar-refractivity contribution is 5.69. The van der Waals surface area contributed by atoms with Crippen LogP contribution in [0.5, 0.6) is 0 Å². The van der Waals surface area contributed by atoms with Gasteiger partial charge in [-0.15, -0.1) is 0 Å². The number of likely N-dealkylation sites (tertiary alicyclic amines) is 1. The second-order valence-corrected chi connectivity index (χ2v) is 3.82. The summed E-state index contributed by atoms with van der Waals surface area (Å²) in [6, 6.07) is 0. The van der Waals surface area contributed by atoms with E-state index in [0.717, 1.165) is 39.1 Å². The number of hydrogen-bond donors (Lipinski definition) is 0. The zero-order valence-corrected chi connectivity index (χ0v) is 9.70. The van der Waals surface area contributed by atoms with Crippen LogP contribution in [0.4, 0.5) is 0 Å². The van der Waals surface area contributed by atoms with Crippen molar-refractivity contribution in [3.05, 3.63) is 0 Å². The molecule has 4 nitrogen and oxygen atoms in total. The summed E-state index contributed by atoms with van der Waals surface area (Å²) >= 11 is 0. The Morgan fingerprint density at radius 3 is 2.60 bits per heavy atom. The van der Waals surface area contributed by atoms with E-state index in [1.54, 1.807) is 0 Å². The van der Waals surface area contributed by atoms with Crippen LogP contribution >= 0.6 is 0 Å². The molecular weight excluding hydrogens is 194 g/mol. The van der Waals surface area contributed by atoms with Crippen molar-refractivity contribution < 1.29 is 14.3 Å². The van der Waals surface area contributed by atoms with E-state index in [2.05, 4.69) is 9.64 Å². The third-order valence-corrected chi connectivity index (χ3v) is 2.80. The maximum atomic E-state index is 10.9. The van der Waals surface area contributed by atoms with E-state index >= 15 is 0 Å². The molecule has 4 heteroatoms. The van der Waals surface area contributed by atoms with Gasteiger partial charge in [-0.05, 0) is 19.8 Å². The quantitative estimate of drug-likeness (QED) is 0.643. The van der Waals surface area contributed by atoms with Crippen LogP contribution in [0, 0.1) is 0 Å². The minimum atomic E-state index is -0.123. The summed E-state index contributed by atoms with van der Waals surface area (Å²) in [5, 5.41) is 0. The number of rotatable bonds is 5. The maximum absolute atomic E-state index is 10.9. The molecule has 0 aromatic heterocycles. The summed E-state index contributed by atoms with van der Waals surface area (Å²) in [4.78, 5) is 13.2. The Morgan fingerprint density at radius 2 is 2.07 bits per heavy atom. The van der Waals surface area contributed by atoms with E-state index in [9.17, 15) is 4.79 Å². The van der Waals surface area contributed by atoms with Gasteiger partial charge >= 0.3 is 5.97 Å². The van der Waals surface area contributed by atoms with Gasteiger partial charge in [0, 0.05) is 26.2 Å². The van der Waals surface area contributed by atoms with Gasteiger partial charge in [0.1, 0.15) is 0 Å². The third kappa shape index (κ3) is 4.62. The number of ether oxygens (including phenoxy) is 2. The van der Waals surface area contributed by atoms with Crippen molar-refractivity contribution in [2.45, 2.75) is 32.3 Å². The first-order chi connectivity index (χ1) is 7.26. The Kier molecular flexibility index (Phi) is 5.65. The van der Waals surface area contributed by atoms with Crippen molar-refractivity contribution in [1.29, 1.82) is 0 Å². The van der Waals surface area contributed by atoms with Crippen LogP contribution in [0.3, 0.4) is 0 Å². The van der Waals surface area contributed by atoms with Crippen LogP contribution in [-0.4, -0.2) is 50.3 Å². The fraction of sp³-hybridized carbons (Fsp3) is 0.909. The molecule has 1 heterocycles. The minimum Gasteiger partial charge on any atom is -0.469 e. The summed E-state index contributed by atoms with van der Waals surface area (Å²) in [5.74, 6) is -0.123. The second kappa shape index (κ2) is 6.80. The van der Waals surface area contributed by atoms with Crippen molar-refractivity contribution >= 4 is 5.97 Å². The molecule has 0 radical (unpaired) electrons. The van der Waals surface area contributed by atoms with Crippen LogP contribution in [0.2, 0.25) is 0 Å². The van der Waals surface area contributed by atoms with Crippen LogP contribution in [-0.2, 0) is 14.3 Å². The molecule has 0 N–H and O–H groups in total. The van der Waals surface area contributed by atoms with E-state index in [-0.39, 0.29) is 5.97 Å². The van der Waals surface area contributed by atoms with Gasteiger partial charge in [-0.1, -0.05) is 0 Å². The zero-order valence-electron chi connectivity index (χ0n) is 9.70. The third-order valence-electron chi connectivity index (χ3n) is 2.80. The number of esters is 1. The molecule has 1 aliphatic heterocycles. The first-order valence-corrected chi connectivity index (χ1v) is 5.67. The van der Waals surface area contributed by atoms with Gasteiger partial charge in [0.2, 0.25) is 0 Å². The van der Waals surface area contributed by atoms with Gasteiger partial charge in [0.25, 0.3) is 0 Å². The Hall–Kier alpha value is -0.610. The number of carbonyl (C=O) groups is 1. The Balaban J connectivity index is 2.12. The summed E-state index contributed by atoms with van der Waals surface area (Å²) in [7, 11) is 1.43. The Morgan fingerprint density at radius 1 is 1.40 bits per heavy atom. The van der Waals surface area contributed by atoms with Crippen molar-refractivity contribution in [1.82, 2.24) is 4.90 Å². The van der Waals surface area contributed by atoms with Crippen molar-refractivity contribution in [2.75, 3.05) is 33.4 Å². The van der Waals surface area contributed by atoms with Gasteiger partial charge in [-0.2, -0.15) is 0 Å². The zero-order chi connectivity index (χ0) is 11.1. The highest BCUT2D eigenvalue weighted by Gasteiger charge is 2.19. The number of methoxy groups -OCH3 is 1. The van der Waals surface area contributed by atoms with Crippen LogP contribution < -0.4 is 0 Å².